The van der Waals surface area contributed by atoms with E-state index in [1.807, 2.05) is 6.07 Å². The molecule has 0 saturated carbocycles. The third kappa shape index (κ3) is 2.36. The van der Waals surface area contributed by atoms with Crippen LogP contribution in [0.25, 0.3) is 0 Å². The van der Waals surface area contributed by atoms with Crippen molar-refractivity contribution >= 4 is 11.5 Å². The van der Waals surface area contributed by atoms with Gasteiger partial charge in [-0.15, -0.1) is 0 Å². The first-order valence-electron chi connectivity index (χ1n) is 5.05. The molecule has 4 heteroatoms. The van der Waals surface area contributed by atoms with Gasteiger partial charge >= 0.3 is 0 Å². The lowest BCUT2D eigenvalue weighted by Gasteiger charge is -2.02. The maximum absolute atomic E-state index is 12.1. The van der Waals surface area contributed by atoms with Gasteiger partial charge in [0.15, 0.2) is 5.71 Å². The fraction of sp³-hybridized carbons (Fsp3) is 0. The molecule has 1 aromatic heterocycles. The highest BCUT2D eigenvalue weighted by atomic mass is 16.4. The van der Waals surface area contributed by atoms with Crippen molar-refractivity contribution in [1.29, 1.82) is 0 Å². The molecule has 2 aromatic rings. The largest absolute Gasteiger partial charge is 0.410 e. The highest BCUT2D eigenvalue weighted by Gasteiger charge is 2.16. The number of oxime groups is 1. The monoisotopic (exact) mass is 226 g/mol. The van der Waals surface area contributed by atoms with E-state index in [0.717, 1.165) is 0 Å². The average Bonchev–Trinajstić information content (AvgIpc) is 2.42. The average molecular weight is 226 g/mol. The number of pyridine rings is 1. The maximum Gasteiger partial charge on any atom is 0.215 e. The molecule has 84 valence electrons. The molecule has 0 saturated heterocycles. The molecule has 0 spiro atoms. The molecule has 0 unspecified atom stereocenters. The summed E-state index contributed by atoms with van der Waals surface area (Å²) in [6.07, 6.45) is 3.07. The minimum absolute atomic E-state index is 0.00991. The molecule has 1 aromatic carbocycles. The molecule has 0 atom stereocenters. The van der Waals surface area contributed by atoms with Gasteiger partial charge in [0.25, 0.3) is 0 Å². The van der Waals surface area contributed by atoms with Gasteiger partial charge in [0.1, 0.15) is 0 Å². The number of carbonyl (C=O) groups excluding carboxylic acids is 1. The Kier molecular flexibility index (Phi) is 3.25. The lowest BCUT2D eigenvalue weighted by Crippen LogP contribution is -2.16. The topological polar surface area (TPSA) is 62.5 Å². The molecule has 0 aliphatic carbocycles. The van der Waals surface area contributed by atoms with Gasteiger partial charge in [0.2, 0.25) is 5.78 Å². The summed E-state index contributed by atoms with van der Waals surface area (Å²) < 4.78 is 0. The number of carbonyl (C=O) groups is 1. The zero-order chi connectivity index (χ0) is 12.1. The number of aromatic nitrogens is 1. The number of rotatable bonds is 3. The minimum Gasteiger partial charge on any atom is -0.410 e. The van der Waals surface area contributed by atoms with Crippen LogP contribution in [0, 0.1) is 0 Å². The standard InChI is InChI=1S/C13H10N2O2/c16-13(10-5-2-1-3-6-10)12(15-17)11-7-4-8-14-9-11/h1-9,17H. The Labute approximate surface area is 98.2 Å². The van der Waals surface area contributed by atoms with E-state index in [1.54, 1.807) is 42.6 Å². The molecule has 0 aliphatic heterocycles. The molecule has 1 heterocycles. The van der Waals surface area contributed by atoms with E-state index in [4.69, 9.17) is 5.21 Å². The van der Waals surface area contributed by atoms with E-state index < -0.39 is 0 Å². The van der Waals surface area contributed by atoms with Crippen molar-refractivity contribution in [1.82, 2.24) is 4.98 Å². The number of hydrogen-bond acceptors (Lipinski definition) is 4. The second kappa shape index (κ2) is 5.03. The molecule has 17 heavy (non-hydrogen) atoms. The van der Waals surface area contributed by atoms with Crippen LogP contribution in [0.3, 0.4) is 0 Å². The second-order valence-corrected chi connectivity index (χ2v) is 3.39. The van der Waals surface area contributed by atoms with Crippen molar-refractivity contribution < 1.29 is 10.0 Å². The molecule has 1 N–H and O–H groups in total. The first kappa shape index (κ1) is 11.0. The molecule has 0 aliphatic rings. The Morgan fingerprint density at radius 1 is 1.06 bits per heavy atom. The smallest absolute Gasteiger partial charge is 0.215 e. The number of Topliss-reactive ketones (excluding diaryl/α,β-unsaturated/α-hetero) is 1. The Hall–Kier alpha value is -2.49. The van der Waals surface area contributed by atoms with Crippen LogP contribution >= 0.6 is 0 Å². The van der Waals surface area contributed by atoms with Gasteiger partial charge in [-0.05, 0) is 12.1 Å². The molecule has 0 amide bonds. The summed E-state index contributed by atoms with van der Waals surface area (Å²) in [5, 5.41) is 12.0. The van der Waals surface area contributed by atoms with Crippen LogP contribution in [0.15, 0.2) is 60.0 Å². The van der Waals surface area contributed by atoms with Crippen LogP contribution in [-0.2, 0) is 0 Å². The van der Waals surface area contributed by atoms with E-state index in [1.165, 1.54) is 6.20 Å². The van der Waals surface area contributed by atoms with Gasteiger partial charge in [0, 0.05) is 23.5 Å². The van der Waals surface area contributed by atoms with Gasteiger partial charge in [-0.3, -0.25) is 9.78 Å². The minimum atomic E-state index is -0.332. The summed E-state index contributed by atoms with van der Waals surface area (Å²) in [6, 6.07) is 12.0. The quantitative estimate of drug-likeness (QED) is 0.377. The van der Waals surface area contributed by atoms with Crippen molar-refractivity contribution in [3.05, 3.63) is 66.0 Å². The van der Waals surface area contributed by atoms with E-state index in [0.29, 0.717) is 11.1 Å². The van der Waals surface area contributed by atoms with Crippen LogP contribution < -0.4 is 0 Å². The van der Waals surface area contributed by atoms with Gasteiger partial charge in [-0.1, -0.05) is 35.5 Å². The first-order valence-corrected chi connectivity index (χ1v) is 5.05. The predicted molar refractivity (Wildman–Crippen MR) is 63.3 cm³/mol. The van der Waals surface area contributed by atoms with E-state index in [-0.39, 0.29) is 11.5 Å². The van der Waals surface area contributed by atoms with E-state index in [9.17, 15) is 4.79 Å². The number of nitrogens with zero attached hydrogens (tertiary/aromatic N) is 2. The van der Waals surface area contributed by atoms with E-state index in [2.05, 4.69) is 10.1 Å². The second-order valence-electron chi connectivity index (χ2n) is 3.39. The van der Waals surface area contributed by atoms with Gasteiger partial charge < -0.3 is 5.21 Å². The lowest BCUT2D eigenvalue weighted by molar-refractivity contribution is 0.106. The predicted octanol–water partition coefficient (Wildman–Crippen LogP) is 2.14. The summed E-state index contributed by atoms with van der Waals surface area (Å²) >= 11 is 0. The van der Waals surface area contributed by atoms with E-state index >= 15 is 0 Å². The third-order valence-corrected chi connectivity index (χ3v) is 2.29. The van der Waals surface area contributed by atoms with Crippen LogP contribution in [0.5, 0.6) is 0 Å². The zero-order valence-corrected chi connectivity index (χ0v) is 8.95. The van der Waals surface area contributed by atoms with Gasteiger partial charge in [-0.2, -0.15) is 0 Å². The summed E-state index contributed by atoms with van der Waals surface area (Å²) in [6.45, 7) is 0. The molecule has 0 bridgehead atoms. The van der Waals surface area contributed by atoms with Crippen LogP contribution in [0.2, 0.25) is 0 Å². The van der Waals surface area contributed by atoms with Crippen molar-refractivity contribution in [2.24, 2.45) is 5.16 Å². The molecule has 2 rings (SSSR count). The Balaban J connectivity index is 2.37. The zero-order valence-electron chi connectivity index (χ0n) is 8.95. The SMILES string of the molecule is O=C(C(=NO)c1cccnc1)c1ccccc1. The lowest BCUT2D eigenvalue weighted by atomic mass is 10.0. The van der Waals surface area contributed by atoms with Crippen LogP contribution in [0.4, 0.5) is 0 Å². The molecule has 0 fully saturated rings. The van der Waals surface area contributed by atoms with Gasteiger partial charge in [0.05, 0.1) is 0 Å². The Morgan fingerprint density at radius 3 is 2.35 bits per heavy atom. The molecule has 0 radical (unpaired) electrons. The highest BCUT2D eigenvalue weighted by Crippen LogP contribution is 2.07. The van der Waals surface area contributed by atoms with Crippen molar-refractivity contribution in [2.45, 2.75) is 0 Å². The van der Waals surface area contributed by atoms with Gasteiger partial charge in [-0.25, -0.2) is 0 Å². The Morgan fingerprint density at radius 2 is 1.76 bits per heavy atom. The third-order valence-electron chi connectivity index (χ3n) is 2.29. The summed E-state index contributed by atoms with van der Waals surface area (Å²) in [4.78, 5) is 15.9. The first-order chi connectivity index (χ1) is 8.33. The normalized spacial score (nSPS) is 11.2. The number of hydrogen-bond donors (Lipinski definition) is 1. The molecular weight excluding hydrogens is 216 g/mol. The Bertz CT molecular complexity index is 536. The van der Waals surface area contributed by atoms with Crippen LogP contribution in [-0.4, -0.2) is 21.7 Å². The fourth-order valence-corrected chi connectivity index (χ4v) is 1.46. The van der Waals surface area contributed by atoms with Crippen LogP contribution in [0.1, 0.15) is 15.9 Å². The summed E-state index contributed by atoms with van der Waals surface area (Å²) in [5.74, 6) is -0.332. The van der Waals surface area contributed by atoms with Crippen molar-refractivity contribution in [3.63, 3.8) is 0 Å². The highest BCUT2D eigenvalue weighted by molar-refractivity contribution is 6.51. The number of benzene rings is 1. The number of ketones is 1. The fourth-order valence-electron chi connectivity index (χ4n) is 1.46. The molecule has 4 nitrogen and oxygen atoms in total. The van der Waals surface area contributed by atoms with Crippen molar-refractivity contribution in [3.8, 4) is 0 Å². The summed E-state index contributed by atoms with van der Waals surface area (Å²) in [7, 11) is 0. The summed E-state index contributed by atoms with van der Waals surface area (Å²) in [5.41, 5.74) is 0.956. The van der Waals surface area contributed by atoms with Crippen molar-refractivity contribution in [2.75, 3.05) is 0 Å². The maximum atomic E-state index is 12.1. The molecular formula is C13H10N2O2.